The topological polar surface area (TPSA) is 94.4 Å². The molecule has 2 aromatic heterocycles. The Hall–Kier alpha value is -1.85. The molecule has 0 bridgehead atoms. The zero-order valence-corrected chi connectivity index (χ0v) is 8.67. The molecule has 1 aliphatic carbocycles. The summed E-state index contributed by atoms with van der Waals surface area (Å²) in [5, 5.41) is 0. The third-order valence-corrected chi connectivity index (χ3v) is 3.15. The van der Waals surface area contributed by atoms with E-state index in [0.29, 0.717) is 17.1 Å². The van der Waals surface area contributed by atoms with Crippen molar-refractivity contribution in [2.24, 2.45) is 5.92 Å². The first-order valence-electron chi connectivity index (χ1n) is 5.43. The number of nitrogens with one attached hydrogen (secondary N) is 3. The maximum Gasteiger partial charge on any atom is 0.327 e. The van der Waals surface area contributed by atoms with Gasteiger partial charge in [-0.3, -0.25) is 14.8 Å². The first-order chi connectivity index (χ1) is 7.72. The quantitative estimate of drug-likeness (QED) is 0.678. The molecule has 6 heteroatoms. The standard InChI is InChI=1S/C10H12N4O2/c15-9-7-8(13-10(16)14-9)12-6(11-7)4-5-2-1-3-5/h5H,1-4H2,(H3,11,12,13,14,15,16). The van der Waals surface area contributed by atoms with Crippen molar-refractivity contribution in [3.05, 3.63) is 26.7 Å². The van der Waals surface area contributed by atoms with Gasteiger partial charge in [-0.15, -0.1) is 0 Å². The van der Waals surface area contributed by atoms with Gasteiger partial charge in [0.1, 0.15) is 11.3 Å². The smallest absolute Gasteiger partial charge is 0.327 e. The summed E-state index contributed by atoms with van der Waals surface area (Å²) in [7, 11) is 0. The van der Waals surface area contributed by atoms with E-state index >= 15 is 0 Å². The summed E-state index contributed by atoms with van der Waals surface area (Å²) in [4.78, 5) is 34.3. The molecular formula is C10H12N4O2. The van der Waals surface area contributed by atoms with Crippen molar-refractivity contribution in [1.82, 2.24) is 19.9 Å². The van der Waals surface area contributed by atoms with Crippen LogP contribution in [0.2, 0.25) is 0 Å². The van der Waals surface area contributed by atoms with E-state index in [1.807, 2.05) is 0 Å². The number of aromatic nitrogens is 4. The SMILES string of the molecule is O=c1[nH]c(=O)c2[nH]c(CC3CCC3)nc2[nH]1. The normalized spacial score (nSPS) is 16.5. The van der Waals surface area contributed by atoms with Crippen molar-refractivity contribution in [2.75, 3.05) is 0 Å². The fourth-order valence-electron chi connectivity index (χ4n) is 2.05. The predicted octanol–water partition coefficient (Wildman–Crippen LogP) is 0.282. The molecular weight excluding hydrogens is 208 g/mol. The van der Waals surface area contributed by atoms with Crippen LogP contribution in [-0.4, -0.2) is 19.9 Å². The van der Waals surface area contributed by atoms with E-state index < -0.39 is 11.2 Å². The van der Waals surface area contributed by atoms with Crippen molar-refractivity contribution in [3.63, 3.8) is 0 Å². The second kappa shape index (κ2) is 3.33. The molecule has 1 aliphatic rings. The van der Waals surface area contributed by atoms with Gasteiger partial charge < -0.3 is 4.98 Å². The van der Waals surface area contributed by atoms with Gasteiger partial charge >= 0.3 is 5.69 Å². The highest BCUT2D eigenvalue weighted by molar-refractivity contribution is 5.68. The van der Waals surface area contributed by atoms with E-state index in [-0.39, 0.29) is 0 Å². The van der Waals surface area contributed by atoms with E-state index in [4.69, 9.17) is 0 Å². The van der Waals surface area contributed by atoms with Crippen molar-refractivity contribution < 1.29 is 0 Å². The van der Waals surface area contributed by atoms with Crippen LogP contribution < -0.4 is 11.2 Å². The molecule has 16 heavy (non-hydrogen) atoms. The van der Waals surface area contributed by atoms with Crippen LogP contribution >= 0.6 is 0 Å². The molecule has 1 saturated carbocycles. The van der Waals surface area contributed by atoms with Gasteiger partial charge in [0.15, 0.2) is 5.65 Å². The molecule has 3 rings (SSSR count). The lowest BCUT2D eigenvalue weighted by Gasteiger charge is -2.23. The Labute approximate surface area is 90.1 Å². The zero-order chi connectivity index (χ0) is 11.1. The lowest BCUT2D eigenvalue weighted by atomic mass is 9.83. The minimum atomic E-state index is -0.515. The van der Waals surface area contributed by atoms with Crippen LogP contribution in [0.5, 0.6) is 0 Å². The molecule has 0 aromatic carbocycles. The lowest BCUT2D eigenvalue weighted by Crippen LogP contribution is -2.21. The molecule has 0 spiro atoms. The minimum absolute atomic E-state index is 0.350. The predicted molar refractivity (Wildman–Crippen MR) is 58.4 cm³/mol. The Balaban J connectivity index is 2.04. The van der Waals surface area contributed by atoms with Crippen molar-refractivity contribution in [1.29, 1.82) is 0 Å². The fraction of sp³-hybridized carbons (Fsp3) is 0.500. The number of fused-ring (bicyclic) bond motifs is 1. The van der Waals surface area contributed by atoms with Gasteiger partial charge in [-0.2, -0.15) is 0 Å². The summed E-state index contributed by atoms with van der Waals surface area (Å²) in [6.07, 6.45) is 4.59. The van der Waals surface area contributed by atoms with Crippen LogP contribution in [0, 0.1) is 5.92 Å². The third-order valence-electron chi connectivity index (χ3n) is 3.15. The molecule has 0 aliphatic heterocycles. The van der Waals surface area contributed by atoms with Crippen LogP contribution in [0.15, 0.2) is 9.59 Å². The number of H-pyrrole nitrogens is 3. The number of hydrogen-bond donors (Lipinski definition) is 3. The highest BCUT2D eigenvalue weighted by Gasteiger charge is 2.19. The van der Waals surface area contributed by atoms with Crippen LogP contribution in [0.4, 0.5) is 0 Å². The largest absolute Gasteiger partial charge is 0.336 e. The second-order valence-corrected chi connectivity index (χ2v) is 4.32. The van der Waals surface area contributed by atoms with E-state index in [1.54, 1.807) is 0 Å². The van der Waals surface area contributed by atoms with Crippen molar-refractivity contribution in [3.8, 4) is 0 Å². The molecule has 0 unspecified atom stereocenters. The average molecular weight is 220 g/mol. The molecule has 2 heterocycles. The molecule has 0 atom stereocenters. The van der Waals surface area contributed by atoms with Crippen molar-refractivity contribution >= 4 is 11.2 Å². The van der Waals surface area contributed by atoms with Gasteiger partial charge in [0.2, 0.25) is 0 Å². The summed E-state index contributed by atoms with van der Waals surface area (Å²) in [5.41, 5.74) is -0.220. The third kappa shape index (κ3) is 1.46. The minimum Gasteiger partial charge on any atom is -0.336 e. The monoisotopic (exact) mass is 220 g/mol. The van der Waals surface area contributed by atoms with Crippen LogP contribution in [0.3, 0.4) is 0 Å². The summed E-state index contributed by atoms with van der Waals surface area (Å²) < 4.78 is 0. The Morgan fingerprint density at radius 1 is 1.19 bits per heavy atom. The summed E-state index contributed by atoms with van der Waals surface area (Å²) in [5.74, 6) is 1.46. The molecule has 0 saturated heterocycles. The first kappa shape index (κ1) is 9.38. The maximum absolute atomic E-state index is 11.4. The Morgan fingerprint density at radius 2 is 2.00 bits per heavy atom. The van der Waals surface area contributed by atoms with E-state index in [2.05, 4.69) is 19.9 Å². The molecule has 0 radical (unpaired) electrons. The molecule has 0 amide bonds. The van der Waals surface area contributed by atoms with Crippen LogP contribution in [-0.2, 0) is 6.42 Å². The summed E-state index contributed by atoms with van der Waals surface area (Å²) in [6, 6.07) is 0. The fourth-order valence-corrected chi connectivity index (χ4v) is 2.05. The molecule has 1 fully saturated rings. The lowest BCUT2D eigenvalue weighted by molar-refractivity contribution is 0.310. The van der Waals surface area contributed by atoms with E-state index in [9.17, 15) is 9.59 Å². The first-order valence-corrected chi connectivity index (χ1v) is 5.43. The van der Waals surface area contributed by atoms with Gasteiger partial charge in [0, 0.05) is 6.42 Å². The number of imidazole rings is 1. The van der Waals surface area contributed by atoms with Crippen molar-refractivity contribution in [2.45, 2.75) is 25.7 Å². The Bertz CT molecular complexity index is 632. The number of hydrogen-bond acceptors (Lipinski definition) is 3. The summed E-state index contributed by atoms with van der Waals surface area (Å²) in [6.45, 7) is 0. The molecule has 84 valence electrons. The highest BCUT2D eigenvalue weighted by Crippen LogP contribution is 2.29. The van der Waals surface area contributed by atoms with E-state index in [1.165, 1.54) is 19.3 Å². The average Bonchev–Trinajstić information content (AvgIpc) is 2.54. The van der Waals surface area contributed by atoms with Gasteiger partial charge in [-0.1, -0.05) is 19.3 Å². The highest BCUT2D eigenvalue weighted by atomic mass is 16.2. The van der Waals surface area contributed by atoms with Gasteiger partial charge in [-0.05, 0) is 5.92 Å². The molecule has 3 N–H and O–H groups in total. The van der Waals surface area contributed by atoms with Crippen LogP contribution in [0.1, 0.15) is 25.1 Å². The van der Waals surface area contributed by atoms with Gasteiger partial charge in [0.25, 0.3) is 5.56 Å². The maximum atomic E-state index is 11.4. The van der Waals surface area contributed by atoms with Crippen LogP contribution in [0.25, 0.3) is 11.2 Å². The molecule has 6 nitrogen and oxygen atoms in total. The van der Waals surface area contributed by atoms with E-state index in [0.717, 1.165) is 12.2 Å². The van der Waals surface area contributed by atoms with Gasteiger partial charge in [-0.25, -0.2) is 9.78 Å². The summed E-state index contributed by atoms with van der Waals surface area (Å²) >= 11 is 0. The Kier molecular flexibility index (Phi) is 1.95. The zero-order valence-electron chi connectivity index (χ0n) is 8.67. The second-order valence-electron chi connectivity index (χ2n) is 4.32. The number of rotatable bonds is 2. The molecule has 2 aromatic rings. The van der Waals surface area contributed by atoms with Gasteiger partial charge in [0.05, 0.1) is 0 Å². The Morgan fingerprint density at radius 3 is 2.69 bits per heavy atom. The number of aromatic amines is 3. The number of nitrogens with zero attached hydrogens (tertiary/aromatic N) is 1.